The minimum atomic E-state index is -0.185. The Morgan fingerprint density at radius 3 is 2.52 bits per heavy atom. The molecule has 7 nitrogen and oxygen atoms in total. The van der Waals surface area contributed by atoms with Crippen LogP contribution in [0.2, 0.25) is 0 Å². The van der Waals surface area contributed by atoms with Crippen LogP contribution >= 0.6 is 0 Å². The van der Waals surface area contributed by atoms with Crippen LogP contribution in [0.1, 0.15) is 38.7 Å². The highest BCUT2D eigenvalue weighted by Crippen LogP contribution is 2.43. The molecule has 0 spiro atoms. The first-order valence-corrected chi connectivity index (χ1v) is 11.2. The molecule has 2 fully saturated rings. The average Bonchev–Trinajstić information content (AvgIpc) is 3.17. The fraction of sp³-hybridized carbons (Fsp3) is 0.500. The normalized spacial score (nSPS) is 23.5. The fourth-order valence-corrected chi connectivity index (χ4v) is 4.90. The molecule has 1 aromatic carbocycles. The number of piperazine rings is 1. The SMILES string of the molecule is C[C@@H]1CN(c2cc(-n3ncc4ccc(CC5(C#N)CCC5)cc43)ncn2)C[C@H](C)N1C. The molecule has 1 aliphatic heterocycles. The maximum atomic E-state index is 9.62. The largest absolute Gasteiger partial charge is 0.353 e. The Bertz CT molecular complexity index is 1130. The van der Waals surface area contributed by atoms with Crippen molar-refractivity contribution in [2.45, 2.75) is 51.6 Å². The van der Waals surface area contributed by atoms with Crippen LogP contribution in [0.3, 0.4) is 0 Å². The van der Waals surface area contributed by atoms with E-state index in [-0.39, 0.29) is 5.41 Å². The van der Waals surface area contributed by atoms with E-state index < -0.39 is 0 Å². The van der Waals surface area contributed by atoms with E-state index in [0.29, 0.717) is 12.1 Å². The number of hydrogen-bond acceptors (Lipinski definition) is 6. The van der Waals surface area contributed by atoms with Gasteiger partial charge in [0.25, 0.3) is 0 Å². The average molecular weight is 416 g/mol. The maximum absolute atomic E-state index is 9.62. The van der Waals surface area contributed by atoms with E-state index in [1.165, 1.54) is 5.56 Å². The number of nitriles is 1. The van der Waals surface area contributed by atoms with E-state index in [4.69, 9.17) is 0 Å². The Hall–Kier alpha value is -2.98. The van der Waals surface area contributed by atoms with Crippen LogP contribution in [0, 0.1) is 16.7 Å². The molecule has 1 saturated heterocycles. The molecular formula is C24H29N7. The van der Waals surface area contributed by atoms with Gasteiger partial charge in [0.15, 0.2) is 5.82 Å². The zero-order valence-corrected chi connectivity index (χ0v) is 18.5. The Morgan fingerprint density at radius 1 is 1.10 bits per heavy atom. The molecular weight excluding hydrogens is 386 g/mol. The number of rotatable bonds is 4. The summed E-state index contributed by atoms with van der Waals surface area (Å²) >= 11 is 0. The second-order valence-electron chi connectivity index (χ2n) is 9.37. The van der Waals surface area contributed by atoms with Gasteiger partial charge >= 0.3 is 0 Å². The highest BCUT2D eigenvalue weighted by Gasteiger charge is 2.37. The Labute approximate surface area is 183 Å². The zero-order valence-electron chi connectivity index (χ0n) is 18.5. The van der Waals surface area contributed by atoms with Crippen molar-refractivity contribution in [3.05, 3.63) is 42.4 Å². The Balaban J connectivity index is 1.46. The number of fused-ring (bicyclic) bond motifs is 1. The molecule has 0 radical (unpaired) electrons. The first-order chi connectivity index (χ1) is 15.0. The Morgan fingerprint density at radius 2 is 1.84 bits per heavy atom. The second-order valence-corrected chi connectivity index (χ2v) is 9.37. The lowest BCUT2D eigenvalue weighted by Crippen LogP contribution is -2.55. The predicted octanol–water partition coefficient (Wildman–Crippen LogP) is 3.58. The summed E-state index contributed by atoms with van der Waals surface area (Å²) in [7, 11) is 2.19. The van der Waals surface area contributed by atoms with Gasteiger partial charge in [-0.05, 0) is 51.8 Å². The quantitative estimate of drug-likeness (QED) is 0.648. The van der Waals surface area contributed by atoms with Crippen LogP contribution in [0.25, 0.3) is 16.7 Å². The van der Waals surface area contributed by atoms with Gasteiger partial charge < -0.3 is 4.90 Å². The number of benzene rings is 1. The van der Waals surface area contributed by atoms with Gasteiger partial charge in [0.1, 0.15) is 12.1 Å². The van der Waals surface area contributed by atoms with Crippen LogP contribution in [-0.2, 0) is 6.42 Å². The van der Waals surface area contributed by atoms with E-state index in [1.54, 1.807) is 6.33 Å². The number of nitrogens with zero attached hydrogens (tertiary/aromatic N) is 7. The number of likely N-dealkylation sites (N-methyl/N-ethyl adjacent to an activating group) is 1. The molecule has 5 rings (SSSR count). The maximum Gasteiger partial charge on any atom is 0.159 e. The molecule has 0 unspecified atom stereocenters. The number of anilines is 1. The van der Waals surface area contributed by atoms with E-state index in [1.807, 2.05) is 16.9 Å². The first-order valence-electron chi connectivity index (χ1n) is 11.2. The van der Waals surface area contributed by atoms with Gasteiger partial charge in [-0.15, -0.1) is 0 Å². The lowest BCUT2D eigenvalue weighted by molar-refractivity contribution is 0.169. The van der Waals surface area contributed by atoms with Crippen molar-refractivity contribution in [1.82, 2.24) is 24.6 Å². The summed E-state index contributed by atoms with van der Waals surface area (Å²) in [5, 5.41) is 15.3. The highest BCUT2D eigenvalue weighted by atomic mass is 15.3. The monoisotopic (exact) mass is 415 g/mol. The zero-order chi connectivity index (χ0) is 21.6. The summed E-state index contributed by atoms with van der Waals surface area (Å²) in [4.78, 5) is 13.8. The highest BCUT2D eigenvalue weighted by molar-refractivity contribution is 5.80. The van der Waals surface area contributed by atoms with Gasteiger partial charge in [-0.2, -0.15) is 10.4 Å². The van der Waals surface area contributed by atoms with Crippen LogP contribution in [0.15, 0.2) is 36.8 Å². The third-order valence-corrected chi connectivity index (χ3v) is 7.26. The van der Waals surface area contributed by atoms with Crippen molar-refractivity contribution in [1.29, 1.82) is 5.26 Å². The summed E-state index contributed by atoms with van der Waals surface area (Å²) in [6.07, 6.45) is 7.46. The molecule has 2 aliphatic rings. The van der Waals surface area contributed by atoms with Crippen molar-refractivity contribution in [2.75, 3.05) is 25.0 Å². The van der Waals surface area contributed by atoms with E-state index in [0.717, 1.165) is 61.3 Å². The second kappa shape index (κ2) is 7.61. The minimum Gasteiger partial charge on any atom is -0.353 e. The predicted molar refractivity (Wildman–Crippen MR) is 121 cm³/mol. The molecule has 0 amide bonds. The first kappa shape index (κ1) is 20.0. The third kappa shape index (κ3) is 3.55. The fourth-order valence-electron chi connectivity index (χ4n) is 4.90. The minimum absolute atomic E-state index is 0.185. The van der Waals surface area contributed by atoms with Gasteiger partial charge in [0, 0.05) is 36.6 Å². The summed E-state index contributed by atoms with van der Waals surface area (Å²) in [6.45, 7) is 6.39. The van der Waals surface area contributed by atoms with Gasteiger partial charge in [-0.3, -0.25) is 4.90 Å². The molecule has 2 aromatic heterocycles. The van der Waals surface area contributed by atoms with Crippen LogP contribution in [-0.4, -0.2) is 56.9 Å². The molecule has 3 heterocycles. The topological polar surface area (TPSA) is 73.9 Å². The molecule has 2 atom stereocenters. The molecule has 3 aromatic rings. The third-order valence-electron chi connectivity index (χ3n) is 7.26. The summed E-state index contributed by atoms with van der Waals surface area (Å²) in [5.74, 6) is 1.71. The van der Waals surface area contributed by atoms with E-state index in [9.17, 15) is 5.26 Å². The van der Waals surface area contributed by atoms with Gasteiger partial charge in [-0.25, -0.2) is 14.6 Å². The number of hydrogen-bond donors (Lipinski definition) is 0. The summed E-state index contributed by atoms with van der Waals surface area (Å²) in [6, 6.07) is 11.9. The van der Waals surface area contributed by atoms with Crippen LogP contribution in [0.5, 0.6) is 0 Å². The van der Waals surface area contributed by atoms with Crippen molar-refractivity contribution in [3.63, 3.8) is 0 Å². The summed E-state index contributed by atoms with van der Waals surface area (Å²) < 4.78 is 1.90. The molecule has 7 heteroatoms. The van der Waals surface area contributed by atoms with Gasteiger partial charge in [0.2, 0.25) is 0 Å². The van der Waals surface area contributed by atoms with Crippen LogP contribution in [0.4, 0.5) is 5.82 Å². The van der Waals surface area contributed by atoms with Crippen molar-refractivity contribution >= 4 is 16.7 Å². The molecule has 0 N–H and O–H groups in total. The molecule has 31 heavy (non-hydrogen) atoms. The van der Waals surface area contributed by atoms with Gasteiger partial charge in [-0.1, -0.05) is 18.6 Å². The lowest BCUT2D eigenvalue weighted by atomic mass is 9.66. The van der Waals surface area contributed by atoms with Crippen molar-refractivity contribution < 1.29 is 0 Å². The molecule has 0 bridgehead atoms. The smallest absolute Gasteiger partial charge is 0.159 e. The summed E-state index contributed by atoms with van der Waals surface area (Å²) in [5.41, 5.74) is 2.02. The lowest BCUT2D eigenvalue weighted by Gasteiger charge is -2.42. The van der Waals surface area contributed by atoms with Gasteiger partial charge in [0.05, 0.1) is 23.2 Å². The number of aromatic nitrogens is 4. The van der Waals surface area contributed by atoms with Crippen molar-refractivity contribution in [3.8, 4) is 11.9 Å². The molecule has 160 valence electrons. The molecule has 1 saturated carbocycles. The van der Waals surface area contributed by atoms with Crippen LogP contribution < -0.4 is 4.90 Å². The van der Waals surface area contributed by atoms with E-state index >= 15 is 0 Å². The standard InChI is InChI=1S/C24H29N7/c1-17-13-30(14-18(2)29(17)3)22-10-23(27-16-26-22)31-21-9-19(5-6-20(21)12-28-31)11-24(15-25)7-4-8-24/h5-6,9-10,12,16-18H,4,7-8,11,13-14H2,1-3H3/t17-,18+. The Kier molecular flexibility index (Phi) is 4.90. The molecule has 1 aliphatic carbocycles. The van der Waals surface area contributed by atoms with E-state index in [2.05, 4.69) is 70.0 Å². The van der Waals surface area contributed by atoms with Crippen molar-refractivity contribution in [2.24, 2.45) is 5.41 Å².